The molecule has 0 bridgehead atoms. The van der Waals surface area contributed by atoms with E-state index >= 15 is 0 Å². The number of hydrogen-bond acceptors (Lipinski definition) is 4. The van der Waals surface area contributed by atoms with Crippen molar-refractivity contribution < 1.29 is 8.42 Å². The van der Waals surface area contributed by atoms with Gasteiger partial charge in [0.25, 0.3) is 0 Å². The van der Waals surface area contributed by atoms with E-state index in [2.05, 4.69) is 10.3 Å². The minimum atomic E-state index is -3.59. The van der Waals surface area contributed by atoms with Gasteiger partial charge in [-0.05, 0) is 24.3 Å². The van der Waals surface area contributed by atoms with Crippen molar-refractivity contribution in [1.82, 2.24) is 19.2 Å². The Kier molecular flexibility index (Phi) is 5.70. The number of benzene rings is 1. The molecule has 2 heterocycles. The molecule has 0 amide bonds. The fourth-order valence-electron chi connectivity index (χ4n) is 2.63. The summed E-state index contributed by atoms with van der Waals surface area (Å²) in [4.78, 5) is 4.55. The fourth-order valence-corrected chi connectivity index (χ4v) is 4.35. The Morgan fingerprint density at radius 3 is 2.61 bits per heavy atom. The van der Waals surface area contributed by atoms with Crippen LogP contribution in [0.2, 0.25) is 5.02 Å². The first-order valence-corrected chi connectivity index (χ1v) is 8.77. The zero-order valence-corrected chi connectivity index (χ0v) is 14.9. The van der Waals surface area contributed by atoms with E-state index < -0.39 is 10.0 Å². The Labute approximate surface area is 146 Å². The van der Waals surface area contributed by atoms with E-state index in [0.29, 0.717) is 24.7 Å². The maximum absolute atomic E-state index is 12.9. The third-order valence-electron chi connectivity index (χ3n) is 3.77. The highest BCUT2D eigenvalue weighted by molar-refractivity contribution is 7.89. The average molecular weight is 377 g/mol. The van der Waals surface area contributed by atoms with Crippen molar-refractivity contribution in [2.24, 2.45) is 7.05 Å². The van der Waals surface area contributed by atoms with Gasteiger partial charge in [-0.1, -0.05) is 11.6 Å². The number of hydrogen-bond donors (Lipinski definition) is 1. The second-order valence-electron chi connectivity index (χ2n) is 5.19. The number of halogens is 2. The van der Waals surface area contributed by atoms with E-state index in [-0.39, 0.29) is 23.3 Å². The first kappa shape index (κ1) is 18.2. The summed E-state index contributed by atoms with van der Waals surface area (Å²) in [6.45, 7) is 1.56. The van der Waals surface area contributed by atoms with Gasteiger partial charge in [0.05, 0.1) is 10.9 Å². The predicted octanol–water partition coefficient (Wildman–Crippen LogP) is 1.83. The van der Waals surface area contributed by atoms with E-state index in [1.807, 2.05) is 17.8 Å². The van der Waals surface area contributed by atoms with Crippen molar-refractivity contribution in [2.45, 2.75) is 10.9 Å². The molecule has 1 aliphatic rings. The summed E-state index contributed by atoms with van der Waals surface area (Å²) in [6.07, 6.45) is 3.49. The van der Waals surface area contributed by atoms with Crippen molar-refractivity contribution in [3.05, 3.63) is 47.5 Å². The Morgan fingerprint density at radius 2 is 2.00 bits per heavy atom. The molecule has 0 saturated carbocycles. The largest absolute Gasteiger partial charge is 0.337 e. The second kappa shape index (κ2) is 7.19. The quantitative estimate of drug-likeness (QED) is 0.886. The van der Waals surface area contributed by atoms with Crippen LogP contribution >= 0.6 is 24.0 Å². The van der Waals surface area contributed by atoms with Crippen LogP contribution in [0.3, 0.4) is 0 Å². The summed E-state index contributed by atoms with van der Waals surface area (Å²) in [5.41, 5.74) is 0. The third kappa shape index (κ3) is 3.54. The van der Waals surface area contributed by atoms with Gasteiger partial charge in [-0.15, -0.1) is 12.4 Å². The molecule has 1 aromatic carbocycles. The van der Waals surface area contributed by atoms with Crippen LogP contribution in [-0.4, -0.2) is 41.9 Å². The van der Waals surface area contributed by atoms with Gasteiger partial charge in [0.2, 0.25) is 10.0 Å². The summed E-state index contributed by atoms with van der Waals surface area (Å²) >= 11 is 5.85. The summed E-state index contributed by atoms with van der Waals surface area (Å²) in [5.74, 6) is 0.727. The first-order chi connectivity index (χ1) is 10.5. The molecule has 3 rings (SSSR count). The summed E-state index contributed by atoms with van der Waals surface area (Å²) < 4.78 is 29.2. The maximum Gasteiger partial charge on any atom is 0.243 e. The standard InChI is InChI=1S/C14H17ClN4O2S.ClH/c1-18-8-7-17-14(18)13-10-16-6-9-19(13)22(20,21)12-4-2-11(15)3-5-12;/h2-5,7-8,13,16H,6,9-10H2,1H3;1H. The highest BCUT2D eigenvalue weighted by Crippen LogP contribution is 2.28. The molecule has 23 heavy (non-hydrogen) atoms. The molecule has 0 spiro atoms. The lowest BCUT2D eigenvalue weighted by atomic mass is 10.2. The number of aromatic nitrogens is 2. The molecule has 6 nitrogen and oxygen atoms in total. The maximum atomic E-state index is 12.9. The van der Waals surface area contributed by atoms with Crippen LogP contribution in [0, 0.1) is 0 Å². The van der Waals surface area contributed by atoms with E-state index in [9.17, 15) is 8.42 Å². The van der Waals surface area contributed by atoms with Crippen molar-refractivity contribution in [2.75, 3.05) is 19.6 Å². The van der Waals surface area contributed by atoms with Crippen LogP contribution in [0.5, 0.6) is 0 Å². The number of sulfonamides is 1. The van der Waals surface area contributed by atoms with Gasteiger partial charge < -0.3 is 9.88 Å². The van der Waals surface area contributed by atoms with Gasteiger partial charge >= 0.3 is 0 Å². The summed E-state index contributed by atoms with van der Waals surface area (Å²) in [6, 6.07) is 5.93. The zero-order valence-electron chi connectivity index (χ0n) is 12.5. The normalized spacial score (nSPS) is 19.3. The number of imidazole rings is 1. The van der Waals surface area contributed by atoms with Gasteiger partial charge in [-0.2, -0.15) is 4.31 Å². The van der Waals surface area contributed by atoms with Gasteiger partial charge in [0, 0.05) is 44.1 Å². The number of nitrogens with zero attached hydrogens (tertiary/aromatic N) is 3. The van der Waals surface area contributed by atoms with Gasteiger partial charge in [-0.3, -0.25) is 0 Å². The van der Waals surface area contributed by atoms with Crippen LogP contribution in [0.25, 0.3) is 0 Å². The van der Waals surface area contributed by atoms with Crippen molar-refractivity contribution in [3.63, 3.8) is 0 Å². The molecule has 126 valence electrons. The predicted molar refractivity (Wildman–Crippen MR) is 91.4 cm³/mol. The molecular weight excluding hydrogens is 359 g/mol. The lowest BCUT2D eigenvalue weighted by Gasteiger charge is -2.34. The minimum absolute atomic E-state index is 0. The molecule has 0 radical (unpaired) electrons. The van der Waals surface area contributed by atoms with Gasteiger partial charge in [0.1, 0.15) is 5.82 Å². The van der Waals surface area contributed by atoms with Crippen LogP contribution in [0.1, 0.15) is 11.9 Å². The number of piperazine rings is 1. The molecule has 1 aromatic heterocycles. The second-order valence-corrected chi connectivity index (χ2v) is 7.51. The zero-order chi connectivity index (χ0) is 15.7. The molecule has 1 saturated heterocycles. The average Bonchev–Trinajstić information content (AvgIpc) is 2.94. The van der Waals surface area contributed by atoms with Crippen molar-refractivity contribution in [3.8, 4) is 0 Å². The van der Waals surface area contributed by atoms with Crippen LogP contribution in [-0.2, 0) is 17.1 Å². The molecule has 1 fully saturated rings. The monoisotopic (exact) mass is 376 g/mol. The molecular formula is C14H18Cl2N4O2S. The number of rotatable bonds is 3. The third-order valence-corrected chi connectivity index (χ3v) is 5.95. The molecule has 1 aliphatic heterocycles. The van der Waals surface area contributed by atoms with E-state index in [0.717, 1.165) is 5.82 Å². The van der Waals surface area contributed by atoms with E-state index in [1.54, 1.807) is 18.3 Å². The fraction of sp³-hybridized carbons (Fsp3) is 0.357. The highest BCUT2D eigenvalue weighted by Gasteiger charge is 2.36. The summed E-state index contributed by atoms with van der Waals surface area (Å²) in [7, 11) is -1.72. The Morgan fingerprint density at radius 1 is 1.30 bits per heavy atom. The van der Waals surface area contributed by atoms with E-state index in [4.69, 9.17) is 11.6 Å². The Hall–Kier alpha value is -1.12. The van der Waals surface area contributed by atoms with Crippen molar-refractivity contribution in [1.29, 1.82) is 0 Å². The van der Waals surface area contributed by atoms with Crippen LogP contribution < -0.4 is 5.32 Å². The lowest BCUT2D eigenvalue weighted by molar-refractivity contribution is 0.258. The molecule has 9 heteroatoms. The van der Waals surface area contributed by atoms with Gasteiger partial charge in [0.15, 0.2) is 0 Å². The SMILES string of the molecule is Cl.Cn1ccnc1C1CNCCN1S(=O)(=O)c1ccc(Cl)cc1. The Bertz CT molecular complexity index is 761. The summed E-state index contributed by atoms with van der Waals surface area (Å²) in [5, 5.41) is 3.75. The molecule has 0 aliphatic carbocycles. The molecule has 2 aromatic rings. The Balaban J connectivity index is 0.00000192. The lowest BCUT2D eigenvalue weighted by Crippen LogP contribution is -2.49. The topological polar surface area (TPSA) is 67.2 Å². The van der Waals surface area contributed by atoms with Gasteiger partial charge in [-0.25, -0.2) is 13.4 Å². The molecule has 1 unspecified atom stereocenters. The number of nitrogens with one attached hydrogen (secondary N) is 1. The molecule has 1 atom stereocenters. The first-order valence-electron chi connectivity index (χ1n) is 6.95. The highest BCUT2D eigenvalue weighted by atomic mass is 35.5. The number of aryl methyl sites for hydroxylation is 1. The van der Waals surface area contributed by atoms with Crippen molar-refractivity contribution >= 4 is 34.0 Å². The molecule has 1 N–H and O–H groups in total. The minimum Gasteiger partial charge on any atom is -0.337 e. The smallest absolute Gasteiger partial charge is 0.243 e. The van der Waals surface area contributed by atoms with Crippen LogP contribution in [0.4, 0.5) is 0 Å². The van der Waals surface area contributed by atoms with Crippen LogP contribution in [0.15, 0.2) is 41.6 Å². The van der Waals surface area contributed by atoms with E-state index in [1.165, 1.54) is 16.4 Å².